The molecule has 3 rings (SSSR count). The topological polar surface area (TPSA) is 38.5 Å². The van der Waals surface area contributed by atoms with Crippen molar-refractivity contribution in [1.82, 2.24) is 4.90 Å². The molecule has 0 heterocycles. The second kappa shape index (κ2) is 12.8. The maximum absolute atomic E-state index is 6.52. The first-order chi connectivity index (χ1) is 14.0. The summed E-state index contributed by atoms with van der Waals surface area (Å²) in [6, 6.07) is 29.4. The number of nitrogens with zero attached hydrogens (tertiary/aromatic N) is 1. The molecule has 3 nitrogen and oxygen atoms in total. The zero-order valence-corrected chi connectivity index (χ0v) is 20.2. The van der Waals surface area contributed by atoms with Crippen LogP contribution in [-0.4, -0.2) is 24.1 Å². The van der Waals surface area contributed by atoms with E-state index in [1.807, 2.05) is 12.1 Å². The number of halogens is 2. The fourth-order valence-corrected chi connectivity index (χ4v) is 3.31. The number of hydrogen-bond donors (Lipinski definition) is 1. The number of likely N-dealkylation sites (N-methyl/N-ethyl adjacent to an activating group) is 1. The molecule has 0 spiro atoms. The van der Waals surface area contributed by atoms with Crippen molar-refractivity contribution < 1.29 is 4.74 Å². The van der Waals surface area contributed by atoms with Crippen LogP contribution in [0.5, 0.6) is 0 Å². The van der Waals surface area contributed by atoms with Crippen LogP contribution in [-0.2, 0) is 17.8 Å². The van der Waals surface area contributed by atoms with Crippen molar-refractivity contribution in [2.24, 2.45) is 5.73 Å². The normalized spacial score (nSPS) is 11.2. The van der Waals surface area contributed by atoms with E-state index in [0.717, 1.165) is 12.1 Å². The predicted molar refractivity (Wildman–Crippen MR) is 135 cm³/mol. The van der Waals surface area contributed by atoms with Gasteiger partial charge in [-0.2, -0.15) is 0 Å². The molecule has 0 saturated carbocycles. The molecule has 0 amide bonds. The van der Waals surface area contributed by atoms with Gasteiger partial charge in [0.25, 0.3) is 0 Å². The highest BCUT2D eigenvalue weighted by Crippen LogP contribution is 2.28. The zero-order chi connectivity index (χ0) is 20.7. The number of ether oxygens (including phenoxy) is 1. The first-order valence-corrected chi connectivity index (χ1v) is 10.2. The van der Waals surface area contributed by atoms with Crippen LogP contribution in [0.25, 0.3) is 0 Å². The third-order valence-corrected chi connectivity index (χ3v) is 5.52. The van der Waals surface area contributed by atoms with Crippen molar-refractivity contribution >= 4 is 24.8 Å². The minimum Gasteiger partial charge on any atom is -0.367 e. The lowest BCUT2D eigenvalue weighted by Crippen LogP contribution is -2.44. The van der Waals surface area contributed by atoms with Gasteiger partial charge in [-0.25, -0.2) is 0 Å². The second-order valence-corrected chi connectivity index (χ2v) is 8.20. The highest BCUT2D eigenvalue weighted by atomic mass is 35.5. The molecular weight excluding hydrogens is 427 g/mol. The predicted octanol–water partition coefficient (Wildman–Crippen LogP) is 6.01. The molecule has 2 N–H and O–H groups in total. The summed E-state index contributed by atoms with van der Waals surface area (Å²) in [6.45, 7) is 6.53. The number of rotatable bonds is 9. The summed E-state index contributed by atoms with van der Waals surface area (Å²) in [5, 5.41) is 0. The molecule has 5 heteroatoms. The quantitative estimate of drug-likeness (QED) is 0.425. The third-order valence-electron chi connectivity index (χ3n) is 5.52. The Morgan fingerprint density at radius 2 is 1.23 bits per heavy atom. The van der Waals surface area contributed by atoms with E-state index in [4.69, 9.17) is 10.5 Å². The van der Waals surface area contributed by atoms with Crippen LogP contribution in [0.2, 0.25) is 0 Å². The zero-order valence-electron chi connectivity index (χ0n) is 18.5. The lowest BCUT2D eigenvalue weighted by Gasteiger charge is -2.37. The molecule has 168 valence electrons. The van der Waals surface area contributed by atoms with Crippen molar-refractivity contribution in [2.75, 3.05) is 13.7 Å². The fraction of sp³-hybridized carbons (Fsp3) is 0.308. The van der Waals surface area contributed by atoms with Gasteiger partial charge >= 0.3 is 0 Å². The molecule has 0 aliphatic heterocycles. The molecule has 0 atom stereocenters. The van der Waals surface area contributed by atoms with Crippen LogP contribution in [0.1, 0.15) is 42.2 Å². The summed E-state index contributed by atoms with van der Waals surface area (Å²) in [7, 11) is 2.15. The average molecular weight is 461 g/mol. The molecule has 0 unspecified atom stereocenters. The molecule has 0 aromatic heterocycles. The van der Waals surface area contributed by atoms with E-state index >= 15 is 0 Å². The Morgan fingerprint density at radius 3 is 1.68 bits per heavy atom. The Morgan fingerprint density at radius 1 is 0.774 bits per heavy atom. The van der Waals surface area contributed by atoms with Crippen molar-refractivity contribution in [3.63, 3.8) is 0 Å². The molecule has 31 heavy (non-hydrogen) atoms. The van der Waals surface area contributed by atoms with Gasteiger partial charge < -0.3 is 10.5 Å². The molecule has 0 aliphatic rings. The monoisotopic (exact) mass is 460 g/mol. The smallest absolute Gasteiger partial charge is 0.108 e. The van der Waals surface area contributed by atoms with Gasteiger partial charge in [0.2, 0.25) is 0 Å². The third kappa shape index (κ3) is 7.64. The SMILES string of the molecule is CN(Cc1ccc(CN)cc1)C(C)(C)COC(c1ccccc1)c1ccccc1.Cl.Cl. The molecule has 3 aromatic rings. The maximum atomic E-state index is 6.52. The van der Waals surface area contributed by atoms with Crippen LogP contribution in [0, 0.1) is 0 Å². The van der Waals surface area contributed by atoms with Gasteiger partial charge in [0.15, 0.2) is 0 Å². The average Bonchev–Trinajstić information content (AvgIpc) is 2.76. The van der Waals surface area contributed by atoms with Crippen LogP contribution < -0.4 is 5.73 Å². The van der Waals surface area contributed by atoms with Gasteiger partial charge in [0.1, 0.15) is 6.10 Å². The Balaban J connectivity index is 0.00000240. The molecule has 0 aliphatic carbocycles. The van der Waals surface area contributed by atoms with Crippen molar-refractivity contribution in [2.45, 2.75) is 38.6 Å². The van der Waals surface area contributed by atoms with E-state index in [1.165, 1.54) is 16.7 Å². The molecule has 3 aromatic carbocycles. The Kier molecular flexibility index (Phi) is 11.3. The highest BCUT2D eigenvalue weighted by Gasteiger charge is 2.26. The first kappa shape index (κ1) is 27.2. The van der Waals surface area contributed by atoms with Gasteiger partial charge in [0, 0.05) is 18.6 Å². The second-order valence-electron chi connectivity index (χ2n) is 8.20. The molecule has 0 fully saturated rings. The molecular formula is C26H34Cl2N2O. The number of benzene rings is 3. The van der Waals surface area contributed by atoms with E-state index in [9.17, 15) is 0 Å². The summed E-state index contributed by atoms with van der Waals surface area (Å²) in [5.74, 6) is 0. The lowest BCUT2D eigenvalue weighted by molar-refractivity contribution is -0.00737. The van der Waals surface area contributed by atoms with Crippen molar-refractivity contribution in [3.05, 3.63) is 107 Å². The van der Waals surface area contributed by atoms with Crippen molar-refractivity contribution in [1.29, 1.82) is 0 Å². The highest BCUT2D eigenvalue weighted by molar-refractivity contribution is 5.85. The van der Waals surface area contributed by atoms with Crippen LogP contribution in [0.3, 0.4) is 0 Å². The molecule has 0 saturated heterocycles. The first-order valence-electron chi connectivity index (χ1n) is 10.2. The van der Waals surface area contributed by atoms with E-state index < -0.39 is 0 Å². The van der Waals surface area contributed by atoms with E-state index in [1.54, 1.807) is 0 Å². The largest absolute Gasteiger partial charge is 0.367 e. The molecule has 0 bridgehead atoms. The Bertz CT molecular complexity index is 831. The Hall–Kier alpha value is -1.88. The summed E-state index contributed by atoms with van der Waals surface area (Å²) in [6.07, 6.45) is -0.0751. The standard InChI is InChI=1S/C26H32N2O.2ClH/c1-26(2,28(3)19-22-16-14-21(18-27)15-17-22)20-29-25(23-10-6-4-7-11-23)24-12-8-5-9-13-24;;/h4-17,25H,18-20,27H2,1-3H3;2*1H. The van der Waals surface area contributed by atoms with E-state index in [2.05, 4.69) is 98.6 Å². The van der Waals surface area contributed by atoms with Gasteiger partial charge in [-0.3, -0.25) is 4.90 Å². The van der Waals surface area contributed by atoms with Gasteiger partial charge in [-0.05, 0) is 43.1 Å². The Labute approximate surface area is 199 Å². The lowest BCUT2D eigenvalue weighted by atomic mass is 10.00. The summed E-state index contributed by atoms with van der Waals surface area (Å²) < 4.78 is 6.52. The van der Waals surface area contributed by atoms with Gasteiger partial charge in [0.05, 0.1) is 6.61 Å². The van der Waals surface area contributed by atoms with Gasteiger partial charge in [-0.1, -0.05) is 84.9 Å². The van der Waals surface area contributed by atoms with Gasteiger partial charge in [-0.15, -0.1) is 24.8 Å². The van der Waals surface area contributed by atoms with Crippen LogP contribution >= 0.6 is 24.8 Å². The van der Waals surface area contributed by atoms with Crippen LogP contribution in [0.4, 0.5) is 0 Å². The molecule has 0 radical (unpaired) electrons. The maximum Gasteiger partial charge on any atom is 0.108 e. The van der Waals surface area contributed by atoms with E-state index in [-0.39, 0.29) is 36.5 Å². The fourth-order valence-electron chi connectivity index (χ4n) is 3.31. The number of nitrogens with two attached hydrogens (primary N) is 1. The number of hydrogen-bond acceptors (Lipinski definition) is 3. The minimum absolute atomic E-state index is 0. The van der Waals surface area contributed by atoms with Crippen LogP contribution in [0.15, 0.2) is 84.9 Å². The summed E-state index contributed by atoms with van der Waals surface area (Å²) in [4.78, 5) is 2.34. The van der Waals surface area contributed by atoms with E-state index in [0.29, 0.717) is 13.2 Å². The summed E-state index contributed by atoms with van der Waals surface area (Å²) >= 11 is 0. The van der Waals surface area contributed by atoms with Crippen molar-refractivity contribution in [3.8, 4) is 0 Å². The minimum atomic E-state index is -0.117. The summed E-state index contributed by atoms with van der Waals surface area (Å²) in [5.41, 5.74) is 10.4.